The van der Waals surface area contributed by atoms with Gasteiger partial charge in [0.25, 0.3) is 5.91 Å². The number of benzene rings is 1. The van der Waals surface area contributed by atoms with Crippen LogP contribution in [-0.2, 0) is 0 Å². The van der Waals surface area contributed by atoms with Crippen LogP contribution < -0.4 is 10.2 Å². The molecule has 5 heteroatoms. The molecule has 1 aliphatic rings. The summed E-state index contributed by atoms with van der Waals surface area (Å²) < 4.78 is 13.1. The predicted octanol–water partition coefficient (Wildman–Crippen LogP) is 3.46. The molecule has 0 bridgehead atoms. The van der Waals surface area contributed by atoms with Crippen molar-refractivity contribution in [1.29, 1.82) is 0 Å². The van der Waals surface area contributed by atoms with Crippen LogP contribution in [0.2, 0.25) is 0 Å². The molecule has 22 heavy (non-hydrogen) atoms. The fourth-order valence-electron chi connectivity index (χ4n) is 2.60. The van der Waals surface area contributed by atoms with Crippen molar-refractivity contribution in [3.63, 3.8) is 0 Å². The van der Waals surface area contributed by atoms with E-state index in [1.807, 2.05) is 12.1 Å². The number of hydrogen-bond donors (Lipinski definition) is 1. The average Bonchev–Trinajstić information content (AvgIpc) is 2.56. The van der Waals surface area contributed by atoms with Crippen molar-refractivity contribution in [1.82, 2.24) is 4.98 Å². The van der Waals surface area contributed by atoms with E-state index in [0.29, 0.717) is 11.3 Å². The number of aromatic nitrogens is 1. The molecule has 114 valence electrons. The Morgan fingerprint density at radius 2 is 1.95 bits per heavy atom. The molecular weight excluding hydrogens is 281 g/mol. The fraction of sp³-hybridized carbons (Fsp3) is 0.294. The highest BCUT2D eigenvalue weighted by Crippen LogP contribution is 2.19. The minimum absolute atomic E-state index is 0.292. The third kappa shape index (κ3) is 3.42. The number of amides is 1. The van der Waals surface area contributed by atoms with Gasteiger partial charge in [0.05, 0.1) is 11.9 Å². The predicted molar refractivity (Wildman–Crippen MR) is 84.7 cm³/mol. The minimum atomic E-state index is -0.425. The van der Waals surface area contributed by atoms with Crippen molar-refractivity contribution in [3.05, 3.63) is 54.0 Å². The molecule has 1 aliphatic heterocycles. The van der Waals surface area contributed by atoms with Crippen molar-refractivity contribution in [2.45, 2.75) is 19.3 Å². The van der Waals surface area contributed by atoms with E-state index in [1.54, 1.807) is 12.3 Å². The number of nitrogens with zero attached hydrogens (tertiary/aromatic N) is 2. The van der Waals surface area contributed by atoms with Gasteiger partial charge >= 0.3 is 0 Å². The van der Waals surface area contributed by atoms with E-state index in [1.165, 1.54) is 37.5 Å². The minimum Gasteiger partial charge on any atom is -0.357 e. The van der Waals surface area contributed by atoms with E-state index in [2.05, 4.69) is 15.2 Å². The first-order valence-corrected chi connectivity index (χ1v) is 7.50. The van der Waals surface area contributed by atoms with Crippen LogP contribution in [0, 0.1) is 5.82 Å². The Balaban J connectivity index is 1.66. The molecule has 1 N–H and O–H groups in total. The van der Waals surface area contributed by atoms with E-state index in [-0.39, 0.29) is 5.91 Å². The molecule has 1 fully saturated rings. The first-order valence-electron chi connectivity index (χ1n) is 7.50. The second-order valence-electron chi connectivity index (χ2n) is 5.42. The Bertz CT molecular complexity index is 651. The first kappa shape index (κ1) is 14.5. The summed E-state index contributed by atoms with van der Waals surface area (Å²) in [5, 5.41) is 2.73. The van der Waals surface area contributed by atoms with Gasteiger partial charge in [-0.15, -0.1) is 0 Å². The quantitative estimate of drug-likeness (QED) is 0.944. The number of hydrogen-bond acceptors (Lipinski definition) is 3. The molecule has 0 aliphatic carbocycles. The summed E-state index contributed by atoms with van der Waals surface area (Å²) in [5.41, 5.74) is 0.898. The molecule has 1 amide bonds. The molecule has 1 saturated heterocycles. The number of carbonyl (C=O) groups excluding carboxylic acids is 1. The summed E-state index contributed by atoms with van der Waals surface area (Å²) in [5.74, 6) is 0.168. The van der Waals surface area contributed by atoms with Crippen LogP contribution in [0.3, 0.4) is 0 Å². The van der Waals surface area contributed by atoms with Crippen molar-refractivity contribution < 1.29 is 9.18 Å². The maximum atomic E-state index is 13.1. The lowest BCUT2D eigenvalue weighted by atomic mass is 10.1. The highest BCUT2D eigenvalue weighted by Gasteiger charge is 2.12. The summed E-state index contributed by atoms with van der Waals surface area (Å²) in [4.78, 5) is 18.7. The summed E-state index contributed by atoms with van der Waals surface area (Å²) in [7, 11) is 0. The SMILES string of the molecule is O=C(Nc1ccc(N2CCCCC2)nc1)c1cccc(F)c1. The maximum Gasteiger partial charge on any atom is 0.255 e. The second kappa shape index (κ2) is 6.56. The molecule has 0 radical (unpaired) electrons. The molecule has 2 heterocycles. The number of piperidine rings is 1. The van der Waals surface area contributed by atoms with Gasteiger partial charge in [-0.1, -0.05) is 6.07 Å². The largest absolute Gasteiger partial charge is 0.357 e. The van der Waals surface area contributed by atoms with Crippen LogP contribution in [0.4, 0.5) is 15.9 Å². The highest BCUT2D eigenvalue weighted by atomic mass is 19.1. The zero-order valence-electron chi connectivity index (χ0n) is 12.3. The zero-order chi connectivity index (χ0) is 15.4. The summed E-state index contributed by atoms with van der Waals surface area (Å²) >= 11 is 0. The highest BCUT2D eigenvalue weighted by molar-refractivity contribution is 6.04. The lowest BCUT2D eigenvalue weighted by Crippen LogP contribution is -2.30. The number of carbonyl (C=O) groups is 1. The van der Waals surface area contributed by atoms with Crippen LogP contribution in [0.5, 0.6) is 0 Å². The van der Waals surface area contributed by atoms with Crippen LogP contribution in [0.15, 0.2) is 42.6 Å². The fourth-order valence-corrected chi connectivity index (χ4v) is 2.60. The lowest BCUT2D eigenvalue weighted by Gasteiger charge is -2.27. The maximum absolute atomic E-state index is 13.1. The first-order chi connectivity index (χ1) is 10.7. The van der Waals surface area contributed by atoms with Gasteiger partial charge in [0.2, 0.25) is 0 Å². The molecule has 0 spiro atoms. The summed E-state index contributed by atoms with van der Waals surface area (Å²) in [6, 6.07) is 9.35. The topological polar surface area (TPSA) is 45.2 Å². The Morgan fingerprint density at radius 1 is 1.14 bits per heavy atom. The molecule has 0 unspecified atom stereocenters. The van der Waals surface area contributed by atoms with E-state index in [4.69, 9.17) is 0 Å². The number of rotatable bonds is 3. The number of nitrogens with one attached hydrogen (secondary N) is 1. The average molecular weight is 299 g/mol. The Hall–Kier alpha value is -2.43. The Kier molecular flexibility index (Phi) is 4.32. The zero-order valence-corrected chi connectivity index (χ0v) is 12.3. The van der Waals surface area contributed by atoms with Crippen LogP contribution in [0.1, 0.15) is 29.6 Å². The summed E-state index contributed by atoms with van der Waals surface area (Å²) in [6.07, 6.45) is 5.30. The molecule has 0 atom stereocenters. The standard InChI is InChI=1S/C17H18FN3O/c18-14-6-4-5-13(11-14)17(22)20-15-7-8-16(19-12-15)21-9-2-1-3-10-21/h4-8,11-12H,1-3,9-10H2,(H,20,22). The van der Waals surface area contributed by atoms with Gasteiger partial charge in [-0.25, -0.2) is 9.37 Å². The molecule has 3 rings (SSSR count). The van der Waals surface area contributed by atoms with Crippen LogP contribution in [-0.4, -0.2) is 24.0 Å². The van der Waals surface area contributed by atoms with E-state index < -0.39 is 5.82 Å². The molecule has 2 aromatic rings. The lowest BCUT2D eigenvalue weighted by molar-refractivity contribution is 0.102. The van der Waals surface area contributed by atoms with Gasteiger partial charge in [0.1, 0.15) is 11.6 Å². The normalized spacial score (nSPS) is 14.7. The van der Waals surface area contributed by atoms with Crippen LogP contribution >= 0.6 is 0 Å². The number of anilines is 2. The number of halogens is 1. The van der Waals surface area contributed by atoms with Crippen molar-refractivity contribution in [2.24, 2.45) is 0 Å². The van der Waals surface area contributed by atoms with E-state index >= 15 is 0 Å². The van der Waals surface area contributed by atoms with Gasteiger partial charge in [-0.2, -0.15) is 0 Å². The summed E-state index contributed by atoms with van der Waals surface area (Å²) in [6.45, 7) is 2.06. The Morgan fingerprint density at radius 3 is 2.64 bits per heavy atom. The molecule has 4 nitrogen and oxygen atoms in total. The number of pyridine rings is 1. The van der Waals surface area contributed by atoms with Gasteiger partial charge < -0.3 is 10.2 Å². The van der Waals surface area contributed by atoms with Crippen molar-refractivity contribution in [3.8, 4) is 0 Å². The van der Waals surface area contributed by atoms with E-state index in [9.17, 15) is 9.18 Å². The molecule has 1 aromatic heterocycles. The van der Waals surface area contributed by atoms with Crippen molar-refractivity contribution >= 4 is 17.4 Å². The van der Waals surface area contributed by atoms with Gasteiger partial charge in [0.15, 0.2) is 0 Å². The van der Waals surface area contributed by atoms with Crippen molar-refractivity contribution in [2.75, 3.05) is 23.3 Å². The van der Waals surface area contributed by atoms with Gasteiger partial charge in [-0.3, -0.25) is 4.79 Å². The molecule has 1 aromatic carbocycles. The second-order valence-corrected chi connectivity index (χ2v) is 5.42. The third-order valence-corrected chi connectivity index (χ3v) is 3.77. The monoisotopic (exact) mass is 299 g/mol. The van der Waals surface area contributed by atoms with Gasteiger partial charge in [-0.05, 0) is 49.6 Å². The Labute approximate surface area is 129 Å². The molecular formula is C17H18FN3O. The molecule has 0 saturated carbocycles. The van der Waals surface area contributed by atoms with E-state index in [0.717, 1.165) is 18.9 Å². The third-order valence-electron chi connectivity index (χ3n) is 3.77. The van der Waals surface area contributed by atoms with Gasteiger partial charge in [0, 0.05) is 18.7 Å². The van der Waals surface area contributed by atoms with Crippen LogP contribution in [0.25, 0.3) is 0 Å². The smallest absolute Gasteiger partial charge is 0.255 e.